The first kappa shape index (κ1) is 22.8. The van der Waals surface area contributed by atoms with E-state index in [0.717, 1.165) is 5.56 Å². The van der Waals surface area contributed by atoms with Crippen molar-refractivity contribution in [1.82, 2.24) is 5.32 Å². The molecule has 6 nitrogen and oxygen atoms in total. The Bertz CT molecular complexity index is 772. The van der Waals surface area contributed by atoms with Crippen LogP contribution < -0.4 is 5.32 Å². The van der Waals surface area contributed by atoms with E-state index in [0.29, 0.717) is 5.56 Å². The van der Waals surface area contributed by atoms with Crippen LogP contribution in [-0.2, 0) is 20.7 Å². The first-order valence-electron chi connectivity index (χ1n) is 8.30. The normalized spacial score (nSPS) is 12.0. The molecule has 0 aliphatic rings. The molecule has 1 aromatic rings. The molecule has 0 aromatic heterocycles. The van der Waals surface area contributed by atoms with Crippen LogP contribution in [0.2, 0.25) is 0 Å². The SMILES string of the molecule is CC(C)(C)OC(=O)NC(Cc1ccc(C#CC#N)cc1)C(=O)OC(C)(C)I. The number of hydrogen-bond acceptors (Lipinski definition) is 5. The lowest BCUT2D eigenvalue weighted by atomic mass is 10.0. The summed E-state index contributed by atoms with van der Waals surface area (Å²) >= 11 is 2.00. The Kier molecular flexibility index (Phi) is 8.11. The van der Waals surface area contributed by atoms with E-state index >= 15 is 0 Å². The summed E-state index contributed by atoms with van der Waals surface area (Å²) in [5.41, 5.74) is 0.817. The number of alkyl carbamates (subject to hydrolysis) is 1. The van der Waals surface area contributed by atoms with Gasteiger partial charge in [-0.3, -0.25) is 0 Å². The van der Waals surface area contributed by atoms with Gasteiger partial charge in [0.15, 0.2) is 9.68 Å². The van der Waals surface area contributed by atoms with Gasteiger partial charge in [-0.25, -0.2) is 9.59 Å². The molecule has 1 amide bonds. The maximum Gasteiger partial charge on any atom is 0.408 e. The first-order chi connectivity index (χ1) is 12.4. The number of amides is 1. The highest BCUT2D eigenvalue weighted by Gasteiger charge is 2.29. The first-order valence-corrected chi connectivity index (χ1v) is 9.38. The van der Waals surface area contributed by atoms with Crippen LogP contribution in [0.1, 0.15) is 45.7 Å². The van der Waals surface area contributed by atoms with Crippen LogP contribution in [0.15, 0.2) is 24.3 Å². The highest BCUT2D eigenvalue weighted by atomic mass is 127. The summed E-state index contributed by atoms with van der Waals surface area (Å²) in [7, 11) is 0. The van der Waals surface area contributed by atoms with Crippen molar-refractivity contribution >= 4 is 34.7 Å². The summed E-state index contributed by atoms with van der Waals surface area (Å²) in [6.45, 7) is 8.73. The van der Waals surface area contributed by atoms with Gasteiger partial charge in [-0.15, -0.1) is 0 Å². The Balaban J connectivity index is 2.95. The number of alkyl halides is 1. The van der Waals surface area contributed by atoms with Gasteiger partial charge in [0.25, 0.3) is 0 Å². The Morgan fingerprint density at radius 3 is 2.22 bits per heavy atom. The smallest absolute Gasteiger partial charge is 0.408 e. The third kappa shape index (κ3) is 9.86. The second-order valence-corrected chi connectivity index (χ2v) is 9.84. The average Bonchev–Trinajstić information content (AvgIpc) is 2.50. The predicted octanol–water partition coefficient (Wildman–Crippen LogP) is 3.71. The minimum Gasteiger partial charge on any atom is -0.447 e. The van der Waals surface area contributed by atoms with Gasteiger partial charge in [-0.05, 0) is 74.9 Å². The number of esters is 1. The van der Waals surface area contributed by atoms with E-state index < -0.39 is 27.3 Å². The molecule has 1 aromatic carbocycles. The highest BCUT2D eigenvalue weighted by molar-refractivity contribution is 14.1. The summed E-state index contributed by atoms with van der Waals surface area (Å²) in [5, 5.41) is 11.1. The monoisotopic (exact) mass is 482 g/mol. The second kappa shape index (κ2) is 9.61. The molecular weight excluding hydrogens is 459 g/mol. The molecule has 0 saturated heterocycles. The van der Waals surface area contributed by atoms with Crippen LogP contribution in [0.3, 0.4) is 0 Å². The van der Waals surface area contributed by atoms with Crippen LogP contribution in [0.4, 0.5) is 4.79 Å². The number of carbonyl (C=O) groups excluding carboxylic acids is 2. The maximum absolute atomic E-state index is 12.5. The summed E-state index contributed by atoms with van der Waals surface area (Å²) in [6.07, 6.45) is -0.455. The number of benzene rings is 1. The number of carbonyl (C=O) groups is 2. The van der Waals surface area contributed by atoms with Crippen molar-refractivity contribution in [3.63, 3.8) is 0 Å². The van der Waals surface area contributed by atoms with Gasteiger partial charge in [0.05, 0.1) is 0 Å². The van der Waals surface area contributed by atoms with Crippen molar-refractivity contribution < 1.29 is 19.1 Å². The molecule has 1 unspecified atom stereocenters. The molecule has 0 heterocycles. The number of ether oxygens (including phenoxy) is 2. The molecule has 0 saturated carbocycles. The number of hydrogen-bond donors (Lipinski definition) is 1. The predicted molar refractivity (Wildman–Crippen MR) is 110 cm³/mol. The fourth-order valence-corrected chi connectivity index (χ4v) is 2.23. The lowest BCUT2D eigenvalue weighted by molar-refractivity contribution is -0.151. The molecule has 0 fully saturated rings. The van der Waals surface area contributed by atoms with Crippen LogP contribution in [-0.4, -0.2) is 27.3 Å². The summed E-state index contributed by atoms with van der Waals surface area (Å²) in [6, 6.07) is 7.92. The molecule has 0 aliphatic heterocycles. The Morgan fingerprint density at radius 2 is 1.74 bits per heavy atom. The number of halogens is 1. The fourth-order valence-electron chi connectivity index (χ4n) is 2.01. The van der Waals surface area contributed by atoms with Gasteiger partial charge in [0.2, 0.25) is 0 Å². The van der Waals surface area contributed by atoms with Gasteiger partial charge in [-0.1, -0.05) is 18.1 Å². The molecule has 27 heavy (non-hydrogen) atoms. The third-order valence-corrected chi connectivity index (χ3v) is 3.20. The molecule has 0 radical (unpaired) electrons. The van der Waals surface area contributed by atoms with E-state index in [1.807, 2.05) is 22.6 Å². The number of nitrogens with one attached hydrogen (secondary N) is 1. The number of rotatable bonds is 5. The van der Waals surface area contributed by atoms with E-state index in [-0.39, 0.29) is 6.42 Å². The Hall–Kier alpha value is -2.26. The van der Waals surface area contributed by atoms with Crippen LogP contribution >= 0.6 is 22.6 Å². The standard InChI is InChI=1S/C20H23IN2O4/c1-19(2,3)27-18(25)23-16(17(24)26-20(4,5)21)13-15-10-8-14(9-11-15)7-6-12-22/h8-11,16H,13H2,1-5H3,(H,23,25). The summed E-state index contributed by atoms with van der Waals surface area (Å²) in [5.74, 6) is 4.47. The topological polar surface area (TPSA) is 88.4 Å². The van der Waals surface area contributed by atoms with Crippen molar-refractivity contribution in [3.05, 3.63) is 35.4 Å². The van der Waals surface area contributed by atoms with E-state index in [1.54, 1.807) is 65.0 Å². The minimum atomic E-state index is -0.898. The molecule has 7 heteroatoms. The van der Waals surface area contributed by atoms with Gasteiger partial charge < -0.3 is 14.8 Å². The van der Waals surface area contributed by atoms with E-state index in [1.165, 1.54) is 0 Å². The zero-order valence-corrected chi connectivity index (χ0v) is 18.2. The number of nitriles is 1. The minimum absolute atomic E-state index is 0.233. The average molecular weight is 482 g/mol. The van der Waals surface area contributed by atoms with Gasteiger partial charge in [0, 0.05) is 17.9 Å². The lowest BCUT2D eigenvalue weighted by Crippen LogP contribution is -2.46. The third-order valence-electron chi connectivity index (χ3n) is 2.98. The zero-order chi connectivity index (χ0) is 20.7. The summed E-state index contributed by atoms with van der Waals surface area (Å²) in [4.78, 5) is 24.6. The van der Waals surface area contributed by atoms with Crippen LogP contribution in [0.5, 0.6) is 0 Å². The van der Waals surface area contributed by atoms with Crippen molar-refractivity contribution in [2.45, 2.75) is 56.3 Å². The quantitative estimate of drug-likeness (QED) is 0.299. The van der Waals surface area contributed by atoms with Gasteiger partial charge in [0.1, 0.15) is 11.6 Å². The van der Waals surface area contributed by atoms with Crippen molar-refractivity contribution in [3.8, 4) is 17.9 Å². The molecule has 1 rings (SSSR count). The Morgan fingerprint density at radius 1 is 1.15 bits per heavy atom. The molecule has 1 N–H and O–H groups in total. The molecule has 1 atom stereocenters. The number of nitrogens with zero attached hydrogens (tertiary/aromatic N) is 1. The van der Waals surface area contributed by atoms with Crippen LogP contribution in [0, 0.1) is 23.2 Å². The second-order valence-electron chi connectivity index (χ2n) is 7.25. The van der Waals surface area contributed by atoms with Crippen molar-refractivity contribution in [2.24, 2.45) is 0 Å². The molecular formula is C20H23IN2O4. The van der Waals surface area contributed by atoms with E-state index in [9.17, 15) is 9.59 Å². The molecule has 0 spiro atoms. The van der Waals surface area contributed by atoms with Gasteiger partial charge >= 0.3 is 12.1 Å². The van der Waals surface area contributed by atoms with E-state index in [2.05, 4.69) is 17.2 Å². The molecule has 144 valence electrons. The molecule has 0 bridgehead atoms. The Labute approximate surface area is 173 Å². The largest absolute Gasteiger partial charge is 0.447 e. The lowest BCUT2D eigenvalue weighted by Gasteiger charge is -2.25. The van der Waals surface area contributed by atoms with Crippen LogP contribution in [0.25, 0.3) is 0 Å². The van der Waals surface area contributed by atoms with Crippen molar-refractivity contribution in [1.29, 1.82) is 5.26 Å². The molecule has 0 aliphatic carbocycles. The fraction of sp³-hybridized carbons (Fsp3) is 0.450. The van der Waals surface area contributed by atoms with E-state index in [4.69, 9.17) is 14.7 Å². The van der Waals surface area contributed by atoms with Crippen molar-refractivity contribution in [2.75, 3.05) is 0 Å². The maximum atomic E-state index is 12.5. The van der Waals surface area contributed by atoms with Gasteiger partial charge in [-0.2, -0.15) is 5.26 Å². The zero-order valence-electron chi connectivity index (χ0n) is 16.1. The summed E-state index contributed by atoms with van der Waals surface area (Å²) < 4.78 is 9.93. The highest BCUT2D eigenvalue weighted by Crippen LogP contribution is 2.20.